The molecule has 0 saturated heterocycles. The van der Waals surface area contributed by atoms with E-state index >= 15 is 0 Å². The fourth-order valence-electron chi connectivity index (χ4n) is 0.489. The number of hydrogen-bond acceptors (Lipinski definition) is 3. The van der Waals surface area contributed by atoms with Crippen molar-refractivity contribution in [2.75, 3.05) is 5.43 Å². The van der Waals surface area contributed by atoms with Crippen LogP contribution in [-0.4, -0.2) is 4.98 Å². The summed E-state index contributed by atoms with van der Waals surface area (Å²) >= 11 is 5.51. The summed E-state index contributed by atoms with van der Waals surface area (Å²) in [4.78, 5) is 13.4. The Hall–Kier alpha value is -0.160. The third kappa shape index (κ3) is 3.67. The number of nitrogens with one attached hydrogen (secondary N) is 1. The smallest absolute Gasteiger partial charge is 0.236 e. The Morgan fingerprint density at radius 1 is 1.55 bits per heavy atom. The molecule has 11 heavy (non-hydrogen) atoms. The number of pyridine rings is 1. The van der Waals surface area contributed by atoms with Crippen molar-refractivity contribution in [3.63, 3.8) is 0 Å². The van der Waals surface area contributed by atoms with Crippen molar-refractivity contribution in [2.45, 2.75) is 0 Å². The Labute approximate surface area is 90.6 Å². The van der Waals surface area contributed by atoms with Gasteiger partial charge in [0.2, 0.25) is 0 Å². The first kappa shape index (κ1) is 10.8. The fourth-order valence-corrected chi connectivity index (χ4v) is 0.601. The molecule has 1 aromatic rings. The molecule has 0 radical (unpaired) electrons. The molecule has 1 rings (SSSR count). The molecule has 0 unspecified atom stereocenters. The maximum Gasteiger partial charge on any atom is 1.00 e. The molecule has 0 aliphatic rings. The van der Waals surface area contributed by atoms with Crippen molar-refractivity contribution in [3.8, 4) is 0 Å². The van der Waals surface area contributed by atoms with Gasteiger partial charge in [-0.2, -0.15) is 0 Å². The van der Waals surface area contributed by atoms with E-state index in [2.05, 4.69) is 15.7 Å². The van der Waals surface area contributed by atoms with Crippen molar-refractivity contribution in [1.82, 2.24) is 4.98 Å². The van der Waals surface area contributed by atoms with Crippen molar-refractivity contribution in [3.05, 3.63) is 28.3 Å². The molecule has 1 N–H and O–H groups in total. The molecule has 1 heterocycles. The maximum atomic E-state index is 9.63. The van der Waals surface area contributed by atoms with Crippen LogP contribution in [-0.2, 0) is 0 Å². The Morgan fingerprint density at radius 2 is 2.27 bits per heavy atom. The minimum atomic E-state index is 0. The van der Waals surface area contributed by atoms with Gasteiger partial charge in [0.15, 0.2) is 0 Å². The van der Waals surface area contributed by atoms with Gasteiger partial charge in [0.05, 0.1) is 10.3 Å². The van der Waals surface area contributed by atoms with Gasteiger partial charge in [0.1, 0.15) is 5.82 Å². The van der Waals surface area contributed by atoms with E-state index < -0.39 is 0 Å². The topological polar surface area (TPSA) is 54.4 Å². The van der Waals surface area contributed by atoms with Gasteiger partial charge in [-0.15, -0.1) is 4.91 Å². The van der Waals surface area contributed by atoms with Gasteiger partial charge in [0.25, 0.3) is 0 Å². The summed E-state index contributed by atoms with van der Waals surface area (Å²) in [5.74, 6) is 0.388. The first-order valence-electron chi connectivity index (χ1n) is 2.53. The second kappa shape index (κ2) is 5.49. The van der Waals surface area contributed by atoms with Crippen molar-refractivity contribution in [2.24, 2.45) is 5.29 Å². The normalized spacial score (nSPS) is 8.09. The standard InChI is InChI=1S/C5H4ClN3O.Na/c6-4-1-2-5(7-3-4)8-9-10;/h1-3H,(H,7,8,10);/q;+1. The Balaban J connectivity index is 0.000001000. The molecule has 0 aliphatic heterocycles. The van der Waals surface area contributed by atoms with E-state index in [9.17, 15) is 4.91 Å². The van der Waals surface area contributed by atoms with Crippen LogP contribution >= 0.6 is 11.6 Å². The van der Waals surface area contributed by atoms with Crippen LogP contribution in [0.5, 0.6) is 0 Å². The first-order valence-corrected chi connectivity index (χ1v) is 2.90. The molecule has 6 heteroatoms. The molecule has 0 aromatic carbocycles. The van der Waals surface area contributed by atoms with E-state index in [1.165, 1.54) is 6.20 Å². The van der Waals surface area contributed by atoms with Crippen molar-refractivity contribution >= 4 is 17.4 Å². The second-order valence-electron chi connectivity index (χ2n) is 1.56. The zero-order valence-electron chi connectivity index (χ0n) is 5.91. The first-order chi connectivity index (χ1) is 4.83. The molecule has 0 amide bonds. The summed E-state index contributed by atoms with van der Waals surface area (Å²) in [5.41, 5.74) is 2.13. The molecule has 0 saturated carbocycles. The third-order valence-corrected chi connectivity index (χ3v) is 1.11. The Morgan fingerprint density at radius 3 is 2.73 bits per heavy atom. The third-order valence-electron chi connectivity index (χ3n) is 0.888. The predicted molar refractivity (Wildman–Crippen MR) is 38.7 cm³/mol. The van der Waals surface area contributed by atoms with E-state index in [0.717, 1.165) is 0 Å². The van der Waals surface area contributed by atoms with Crippen molar-refractivity contribution in [1.29, 1.82) is 0 Å². The molecule has 0 atom stereocenters. The van der Waals surface area contributed by atoms with Gasteiger partial charge in [-0.05, 0) is 12.1 Å². The zero-order chi connectivity index (χ0) is 7.40. The van der Waals surface area contributed by atoms with Crippen LogP contribution in [0.15, 0.2) is 23.6 Å². The van der Waals surface area contributed by atoms with Gasteiger partial charge < -0.3 is 0 Å². The van der Waals surface area contributed by atoms with Crippen LogP contribution in [0.1, 0.15) is 0 Å². The summed E-state index contributed by atoms with van der Waals surface area (Å²) in [6, 6.07) is 3.17. The molecule has 0 aliphatic carbocycles. The van der Waals surface area contributed by atoms with Gasteiger partial charge in [-0.1, -0.05) is 11.6 Å². The van der Waals surface area contributed by atoms with Crippen LogP contribution in [0, 0.1) is 4.91 Å². The zero-order valence-corrected chi connectivity index (χ0v) is 8.67. The Kier molecular flexibility index (Phi) is 5.41. The average molecular weight is 181 g/mol. The summed E-state index contributed by atoms with van der Waals surface area (Å²) in [6.45, 7) is 0. The largest absolute Gasteiger partial charge is 1.00 e. The molecule has 0 fully saturated rings. The van der Waals surface area contributed by atoms with Crippen LogP contribution in [0.3, 0.4) is 0 Å². The average Bonchev–Trinajstić information content (AvgIpc) is 1.95. The molecule has 0 spiro atoms. The summed E-state index contributed by atoms with van der Waals surface area (Å²) in [6.07, 6.45) is 1.43. The second-order valence-corrected chi connectivity index (χ2v) is 2.00. The summed E-state index contributed by atoms with van der Waals surface area (Å²) in [5, 5.41) is 2.95. The molecular weight excluding hydrogens is 177 g/mol. The number of nitrogens with zero attached hydrogens (tertiary/aromatic N) is 2. The molecular formula is C5H4ClN3NaO+. The fraction of sp³-hybridized carbons (Fsp3) is 0. The van der Waals surface area contributed by atoms with Crippen molar-refractivity contribution < 1.29 is 29.6 Å². The van der Waals surface area contributed by atoms with Gasteiger partial charge in [-0.3, -0.25) is 0 Å². The Bertz CT molecular complexity index is 228. The number of rotatable bonds is 2. The van der Waals surface area contributed by atoms with E-state index in [1.807, 2.05) is 0 Å². The van der Waals surface area contributed by atoms with E-state index in [4.69, 9.17) is 11.6 Å². The summed E-state index contributed by atoms with van der Waals surface area (Å²) in [7, 11) is 0. The maximum absolute atomic E-state index is 9.63. The van der Waals surface area contributed by atoms with Crippen LogP contribution < -0.4 is 35.0 Å². The van der Waals surface area contributed by atoms with Crippen LogP contribution in [0.2, 0.25) is 5.02 Å². The minimum absolute atomic E-state index is 0. The number of aromatic nitrogens is 1. The summed E-state index contributed by atoms with van der Waals surface area (Å²) < 4.78 is 0. The van der Waals surface area contributed by atoms with Gasteiger partial charge in [0, 0.05) is 6.20 Å². The van der Waals surface area contributed by atoms with E-state index in [1.54, 1.807) is 12.1 Å². The molecule has 0 bridgehead atoms. The van der Waals surface area contributed by atoms with E-state index in [-0.39, 0.29) is 29.6 Å². The quantitative estimate of drug-likeness (QED) is 0.355. The molecule has 1 aromatic heterocycles. The van der Waals surface area contributed by atoms with Crippen LogP contribution in [0.4, 0.5) is 5.82 Å². The number of hydrogen-bond donors (Lipinski definition) is 1. The molecule has 4 nitrogen and oxygen atoms in total. The molecule has 52 valence electrons. The van der Waals surface area contributed by atoms with Gasteiger partial charge >= 0.3 is 29.6 Å². The predicted octanol–water partition coefficient (Wildman–Crippen LogP) is -1.17. The monoisotopic (exact) mass is 180 g/mol. The SMILES string of the molecule is O=NNc1ccc(Cl)cn1.[Na+]. The number of anilines is 1. The number of nitroso groups, excluding NO2 is 1. The van der Waals surface area contributed by atoms with Gasteiger partial charge in [-0.25, -0.2) is 10.4 Å². The van der Waals surface area contributed by atoms with Crippen LogP contribution in [0.25, 0.3) is 0 Å². The minimum Gasteiger partial charge on any atom is -0.236 e. The van der Waals surface area contributed by atoms with E-state index in [0.29, 0.717) is 10.8 Å². The number of halogens is 1.